The summed E-state index contributed by atoms with van der Waals surface area (Å²) in [5.74, 6) is 0.806. The molecule has 1 atom stereocenters. The molecule has 1 aromatic heterocycles. The maximum atomic E-state index is 8.92. The predicted molar refractivity (Wildman–Crippen MR) is 85.8 cm³/mol. The Morgan fingerprint density at radius 3 is 2.83 bits per heavy atom. The van der Waals surface area contributed by atoms with Crippen molar-refractivity contribution in [1.29, 1.82) is 5.26 Å². The molecule has 2 aliphatic rings. The molecule has 4 nitrogen and oxygen atoms in total. The van der Waals surface area contributed by atoms with Crippen LogP contribution < -0.4 is 4.74 Å². The lowest BCUT2D eigenvalue weighted by atomic mass is 9.91. The fraction of sp³-hybridized carbons (Fsp3) is 0.375. The van der Waals surface area contributed by atoms with Crippen LogP contribution in [0.5, 0.6) is 5.75 Å². The number of benzene rings is 1. The second-order valence-corrected chi connectivity index (χ2v) is 7.19. The number of nitrogens with zero attached hydrogens (tertiary/aromatic N) is 3. The number of fused-ring (bicyclic) bond motifs is 1. The first-order valence-corrected chi connectivity index (χ1v) is 7.87. The topological polar surface area (TPSA) is 50.8 Å². The highest BCUT2D eigenvalue weighted by atomic mass is 35.5. The van der Waals surface area contributed by atoms with E-state index in [1.165, 1.54) is 0 Å². The van der Waals surface area contributed by atoms with Gasteiger partial charge in [0.2, 0.25) is 0 Å². The maximum Gasteiger partial charge on any atom is 0.158 e. The van der Waals surface area contributed by atoms with Crippen molar-refractivity contribution in [2.24, 2.45) is 0 Å². The fourth-order valence-corrected chi connectivity index (χ4v) is 3.59. The Labute approximate surface area is 143 Å². The van der Waals surface area contributed by atoms with E-state index in [4.69, 9.17) is 33.2 Å². The number of ether oxygens (including phenoxy) is 1. The third-order valence-corrected chi connectivity index (χ3v) is 5.46. The molecule has 4 rings (SSSR count). The molecule has 1 aromatic carbocycles. The van der Waals surface area contributed by atoms with Crippen molar-refractivity contribution in [2.45, 2.75) is 36.3 Å². The number of halogens is 3. The smallest absolute Gasteiger partial charge is 0.158 e. The van der Waals surface area contributed by atoms with E-state index in [0.29, 0.717) is 17.3 Å². The van der Waals surface area contributed by atoms with Crippen molar-refractivity contribution in [1.82, 2.24) is 9.55 Å². The summed E-state index contributed by atoms with van der Waals surface area (Å²) < 4.78 is 8.18. The van der Waals surface area contributed by atoms with Gasteiger partial charge in [-0.2, -0.15) is 5.26 Å². The van der Waals surface area contributed by atoms with Crippen molar-refractivity contribution in [3.63, 3.8) is 0 Å². The highest BCUT2D eigenvalue weighted by Crippen LogP contribution is 2.57. The molecular formula is C16H14Cl2FN3O. The lowest BCUT2D eigenvalue weighted by molar-refractivity contribution is 0.0614. The van der Waals surface area contributed by atoms with Crippen molar-refractivity contribution in [3.8, 4) is 11.8 Å². The number of nitriles is 1. The monoisotopic (exact) mass is 353 g/mol. The van der Waals surface area contributed by atoms with Crippen LogP contribution >= 0.6 is 23.2 Å². The van der Waals surface area contributed by atoms with E-state index in [1.54, 1.807) is 12.5 Å². The largest absolute Gasteiger partial charge is 0.483 e. The number of aromatic nitrogens is 2. The summed E-state index contributed by atoms with van der Waals surface area (Å²) in [6.45, 7) is 0.567. The summed E-state index contributed by atoms with van der Waals surface area (Å²) in [6, 6.07) is 7.75. The van der Waals surface area contributed by atoms with Gasteiger partial charge in [0.1, 0.15) is 17.4 Å². The Kier molecular flexibility index (Phi) is 3.78. The third kappa shape index (κ3) is 2.56. The minimum absolute atomic E-state index is 0. The second-order valence-electron chi connectivity index (χ2n) is 6.03. The van der Waals surface area contributed by atoms with Crippen LogP contribution in [0.3, 0.4) is 0 Å². The van der Waals surface area contributed by atoms with Crippen LogP contribution in [-0.4, -0.2) is 20.0 Å². The zero-order valence-electron chi connectivity index (χ0n) is 12.1. The van der Waals surface area contributed by atoms with Gasteiger partial charge in [0.15, 0.2) is 5.69 Å². The van der Waals surface area contributed by atoms with Gasteiger partial charge >= 0.3 is 0 Å². The Bertz CT molecular complexity index is 797. The first kappa shape index (κ1) is 16.1. The van der Waals surface area contributed by atoms with E-state index in [0.717, 1.165) is 30.6 Å². The van der Waals surface area contributed by atoms with Crippen LogP contribution in [0.1, 0.15) is 24.1 Å². The van der Waals surface area contributed by atoms with Gasteiger partial charge in [0.25, 0.3) is 0 Å². The molecule has 1 saturated carbocycles. The van der Waals surface area contributed by atoms with Crippen molar-refractivity contribution in [3.05, 3.63) is 47.0 Å². The molecule has 2 heterocycles. The minimum Gasteiger partial charge on any atom is -0.483 e. The molecule has 7 heteroatoms. The molecule has 0 radical (unpaired) electrons. The summed E-state index contributed by atoms with van der Waals surface area (Å²) in [5.41, 5.74) is 1.000. The molecule has 1 fully saturated rings. The quantitative estimate of drug-likeness (QED) is 0.790. The molecule has 0 N–H and O–H groups in total. The average molecular weight is 354 g/mol. The van der Waals surface area contributed by atoms with Crippen LogP contribution in [0.15, 0.2) is 30.7 Å². The molecule has 23 heavy (non-hydrogen) atoms. The SMILES string of the molecule is F.N#Cc1cn(CC2(C3(Cl)CC3)Cc3ccc(Cl)cc3O2)cn1. The molecular weight excluding hydrogens is 340 g/mol. The summed E-state index contributed by atoms with van der Waals surface area (Å²) in [5, 5.41) is 9.58. The Morgan fingerprint density at radius 1 is 1.39 bits per heavy atom. The zero-order chi connectivity index (χ0) is 15.4. The summed E-state index contributed by atoms with van der Waals surface area (Å²) in [4.78, 5) is 3.69. The molecule has 1 unspecified atom stereocenters. The van der Waals surface area contributed by atoms with Crippen LogP contribution in [0.4, 0.5) is 4.70 Å². The van der Waals surface area contributed by atoms with E-state index < -0.39 is 5.60 Å². The molecule has 120 valence electrons. The van der Waals surface area contributed by atoms with Gasteiger partial charge in [-0.15, -0.1) is 11.6 Å². The standard InChI is InChI=1S/C16H13Cl2N3O.FH/c17-12-2-1-11-6-16(15(18)3-4-15,22-14(11)5-12)9-21-8-13(7-19)20-10-21;/h1-2,5,8,10H,3-4,6,9H2;1H. The van der Waals surface area contributed by atoms with Crippen molar-refractivity contribution in [2.75, 3.05) is 0 Å². The minimum atomic E-state index is -0.519. The van der Waals surface area contributed by atoms with Gasteiger partial charge in [0, 0.05) is 17.6 Å². The molecule has 1 aliphatic carbocycles. The highest BCUT2D eigenvalue weighted by Gasteiger charge is 2.62. The van der Waals surface area contributed by atoms with E-state index in [9.17, 15) is 0 Å². The van der Waals surface area contributed by atoms with E-state index >= 15 is 0 Å². The van der Waals surface area contributed by atoms with Gasteiger partial charge in [-0.25, -0.2) is 4.98 Å². The fourth-order valence-electron chi connectivity index (χ4n) is 3.17. The Hall–Kier alpha value is -1.77. The van der Waals surface area contributed by atoms with E-state index in [1.807, 2.05) is 28.8 Å². The van der Waals surface area contributed by atoms with Crippen molar-refractivity contribution >= 4 is 23.2 Å². The third-order valence-electron chi connectivity index (χ3n) is 4.50. The van der Waals surface area contributed by atoms with Crippen LogP contribution in [0.2, 0.25) is 5.02 Å². The van der Waals surface area contributed by atoms with Gasteiger partial charge in [-0.05, 0) is 30.5 Å². The number of alkyl halides is 1. The van der Waals surface area contributed by atoms with Crippen LogP contribution in [0.25, 0.3) is 0 Å². The molecule has 0 spiro atoms. The van der Waals surface area contributed by atoms with Gasteiger partial charge in [0.05, 0.1) is 17.7 Å². The van der Waals surface area contributed by atoms with Gasteiger partial charge in [-0.3, -0.25) is 4.70 Å². The average Bonchev–Trinajstić information content (AvgIpc) is 2.97. The molecule has 0 amide bonds. The highest BCUT2D eigenvalue weighted by molar-refractivity contribution is 6.30. The second kappa shape index (κ2) is 5.40. The van der Waals surface area contributed by atoms with E-state index in [2.05, 4.69) is 4.98 Å². The zero-order valence-corrected chi connectivity index (χ0v) is 13.6. The first-order valence-electron chi connectivity index (χ1n) is 7.12. The molecule has 2 aromatic rings. The summed E-state index contributed by atoms with van der Waals surface area (Å²) >= 11 is 12.8. The van der Waals surface area contributed by atoms with Crippen molar-refractivity contribution < 1.29 is 9.44 Å². The van der Waals surface area contributed by atoms with Gasteiger partial charge < -0.3 is 9.30 Å². The predicted octanol–water partition coefficient (Wildman–Crippen LogP) is 3.71. The first-order chi connectivity index (χ1) is 10.5. The maximum absolute atomic E-state index is 8.92. The van der Waals surface area contributed by atoms with E-state index in [-0.39, 0.29) is 9.58 Å². The van der Waals surface area contributed by atoms with Gasteiger partial charge in [-0.1, -0.05) is 17.7 Å². The Morgan fingerprint density at radius 2 is 2.17 bits per heavy atom. The number of hydrogen-bond donors (Lipinski definition) is 0. The van der Waals surface area contributed by atoms with Crippen LogP contribution in [-0.2, 0) is 13.0 Å². The summed E-state index contributed by atoms with van der Waals surface area (Å²) in [7, 11) is 0. The molecule has 0 saturated heterocycles. The number of rotatable bonds is 3. The number of hydrogen-bond acceptors (Lipinski definition) is 3. The normalized spacial score (nSPS) is 23.3. The Balaban J connectivity index is 0.00000156. The number of imidazole rings is 1. The summed E-state index contributed by atoms with van der Waals surface area (Å²) in [6.07, 6.45) is 5.97. The molecule has 0 bridgehead atoms. The molecule has 1 aliphatic heterocycles. The van der Waals surface area contributed by atoms with Crippen LogP contribution in [0, 0.1) is 11.3 Å². The lowest BCUT2D eigenvalue weighted by Crippen LogP contribution is -2.49. The lowest BCUT2D eigenvalue weighted by Gasteiger charge is -2.34.